The summed E-state index contributed by atoms with van der Waals surface area (Å²) in [5, 5.41) is 0.560. The molecule has 1 aromatic rings. The summed E-state index contributed by atoms with van der Waals surface area (Å²) < 4.78 is 47.9. The fraction of sp³-hybridized carbons (Fsp3) is 0.615. The Hall–Kier alpha value is -0.790. The van der Waals surface area contributed by atoms with Crippen molar-refractivity contribution in [2.75, 3.05) is 19.0 Å². The van der Waals surface area contributed by atoms with Gasteiger partial charge in [-0.15, -0.1) is 11.8 Å². The van der Waals surface area contributed by atoms with Crippen molar-refractivity contribution in [2.24, 2.45) is 0 Å². The topological polar surface area (TPSA) is 31.4 Å². The van der Waals surface area contributed by atoms with Crippen molar-refractivity contribution >= 4 is 11.8 Å². The van der Waals surface area contributed by atoms with E-state index >= 15 is 0 Å². The zero-order valence-corrected chi connectivity index (χ0v) is 12.3. The fourth-order valence-electron chi connectivity index (χ4n) is 1.48. The zero-order chi connectivity index (χ0) is 15.0. The molecular weight excluding hydrogens is 291 g/mol. The standard InChI is InChI=1S/C13H18F3NO2S/c1-3-18-12(19-4-2)7-8-20-11-6-5-10(9-17-11)13(14,15)16/h5-6,9,12H,3-4,7-8H2,1-2H3. The van der Waals surface area contributed by atoms with E-state index in [-0.39, 0.29) is 6.29 Å². The molecule has 0 aliphatic heterocycles. The van der Waals surface area contributed by atoms with Crippen LogP contribution in [0.4, 0.5) is 13.2 Å². The van der Waals surface area contributed by atoms with Crippen molar-refractivity contribution in [3.63, 3.8) is 0 Å². The Kier molecular flexibility index (Phi) is 7.32. The van der Waals surface area contributed by atoms with Gasteiger partial charge in [0.1, 0.15) is 0 Å². The molecule has 0 aromatic carbocycles. The van der Waals surface area contributed by atoms with Gasteiger partial charge >= 0.3 is 6.18 Å². The quantitative estimate of drug-likeness (QED) is 0.537. The molecule has 114 valence electrons. The van der Waals surface area contributed by atoms with Crippen molar-refractivity contribution < 1.29 is 22.6 Å². The maximum absolute atomic E-state index is 12.4. The molecule has 20 heavy (non-hydrogen) atoms. The van der Waals surface area contributed by atoms with E-state index in [1.807, 2.05) is 13.8 Å². The molecule has 0 bridgehead atoms. The first-order valence-electron chi connectivity index (χ1n) is 6.36. The summed E-state index contributed by atoms with van der Waals surface area (Å²) in [6.07, 6.45) is -3.10. The minimum Gasteiger partial charge on any atom is -0.353 e. The molecule has 0 unspecified atom stereocenters. The van der Waals surface area contributed by atoms with E-state index in [1.165, 1.54) is 17.8 Å². The molecule has 1 aromatic heterocycles. The largest absolute Gasteiger partial charge is 0.417 e. The van der Waals surface area contributed by atoms with Crippen LogP contribution in [0.25, 0.3) is 0 Å². The molecule has 0 radical (unpaired) electrons. The molecule has 0 N–H and O–H groups in total. The van der Waals surface area contributed by atoms with E-state index in [1.54, 1.807) is 0 Å². The van der Waals surface area contributed by atoms with Gasteiger partial charge in [0.2, 0.25) is 0 Å². The number of alkyl halides is 3. The summed E-state index contributed by atoms with van der Waals surface area (Å²) in [5.41, 5.74) is -0.733. The van der Waals surface area contributed by atoms with Crippen molar-refractivity contribution in [3.05, 3.63) is 23.9 Å². The second-order valence-electron chi connectivity index (χ2n) is 3.86. The van der Waals surface area contributed by atoms with Gasteiger partial charge in [0, 0.05) is 31.6 Å². The highest BCUT2D eigenvalue weighted by Crippen LogP contribution is 2.29. The summed E-state index contributed by atoms with van der Waals surface area (Å²) in [6.45, 7) is 4.90. The minimum atomic E-state index is -4.34. The number of hydrogen-bond acceptors (Lipinski definition) is 4. The van der Waals surface area contributed by atoms with Crippen LogP contribution in [-0.2, 0) is 15.7 Å². The molecule has 0 aliphatic rings. The highest BCUT2D eigenvalue weighted by atomic mass is 32.2. The first-order chi connectivity index (χ1) is 9.47. The van der Waals surface area contributed by atoms with E-state index in [2.05, 4.69) is 4.98 Å². The molecule has 0 amide bonds. The molecule has 0 fully saturated rings. The molecule has 0 atom stereocenters. The summed E-state index contributed by atoms with van der Waals surface area (Å²) in [5.74, 6) is 0.670. The second-order valence-corrected chi connectivity index (χ2v) is 4.98. The molecule has 0 saturated heterocycles. The number of nitrogens with zero attached hydrogens (tertiary/aromatic N) is 1. The van der Waals surface area contributed by atoms with Crippen LogP contribution in [0, 0.1) is 0 Å². The number of rotatable bonds is 8. The van der Waals surface area contributed by atoms with Crippen LogP contribution >= 0.6 is 11.8 Å². The predicted molar refractivity (Wildman–Crippen MR) is 71.6 cm³/mol. The monoisotopic (exact) mass is 309 g/mol. The van der Waals surface area contributed by atoms with Crippen LogP contribution in [0.3, 0.4) is 0 Å². The van der Waals surface area contributed by atoms with Gasteiger partial charge in [-0.25, -0.2) is 4.98 Å². The van der Waals surface area contributed by atoms with Crippen LogP contribution in [0.5, 0.6) is 0 Å². The first-order valence-corrected chi connectivity index (χ1v) is 7.35. The second kappa shape index (κ2) is 8.49. The van der Waals surface area contributed by atoms with Gasteiger partial charge in [-0.3, -0.25) is 0 Å². The summed E-state index contributed by atoms with van der Waals surface area (Å²) in [7, 11) is 0. The number of halogens is 3. The third kappa shape index (κ3) is 6.11. The summed E-state index contributed by atoms with van der Waals surface area (Å²) >= 11 is 1.38. The van der Waals surface area contributed by atoms with E-state index < -0.39 is 11.7 Å². The van der Waals surface area contributed by atoms with Crippen LogP contribution in [0.15, 0.2) is 23.4 Å². The number of thioether (sulfide) groups is 1. The average molecular weight is 309 g/mol. The van der Waals surface area contributed by atoms with Gasteiger partial charge in [-0.05, 0) is 26.0 Å². The lowest BCUT2D eigenvalue weighted by atomic mass is 10.3. The third-order valence-electron chi connectivity index (χ3n) is 2.37. The van der Waals surface area contributed by atoms with E-state index in [4.69, 9.17) is 9.47 Å². The maximum Gasteiger partial charge on any atom is 0.417 e. The fourth-order valence-corrected chi connectivity index (χ4v) is 2.29. The molecule has 1 rings (SSSR count). The van der Waals surface area contributed by atoms with Crippen molar-refractivity contribution in [2.45, 2.75) is 37.8 Å². The minimum absolute atomic E-state index is 0.271. The molecular formula is C13H18F3NO2S. The van der Waals surface area contributed by atoms with Crippen LogP contribution in [0.1, 0.15) is 25.8 Å². The molecule has 1 heterocycles. The van der Waals surface area contributed by atoms with Gasteiger partial charge in [0.15, 0.2) is 6.29 Å². The average Bonchev–Trinajstić information content (AvgIpc) is 2.39. The lowest BCUT2D eigenvalue weighted by Crippen LogP contribution is -2.18. The highest BCUT2D eigenvalue weighted by Gasteiger charge is 2.30. The smallest absolute Gasteiger partial charge is 0.353 e. The Labute approximate surface area is 120 Å². The summed E-state index contributed by atoms with van der Waals surface area (Å²) in [6, 6.07) is 2.42. The van der Waals surface area contributed by atoms with E-state index in [9.17, 15) is 13.2 Å². The number of hydrogen-bond donors (Lipinski definition) is 0. The predicted octanol–water partition coefficient (Wildman–Crippen LogP) is 3.98. The Morgan fingerprint density at radius 2 is 1.85 bits per heavy atom. The van der Waals surface area contributed by atoms with Crippen LogP contribution in [0.2, 0.25) is 0 Å². The van der Waals surface area contributed by atoms with Gasteiger partial charge in [0.25, 0.3) is 0 Å². The summed E-state index contributed by atoms with van der Waals surface area (Å²) in [4.78, 5) is 3.80. The molecule has 0 spiro atoms. The highest BCUT2D eigenvalue weighted by molar-refractivity contribution is 7.99. The molecule has 3 nitrogen and oxygen atoms in total. The van der Waals surface area contributed by atoms with Gasteiger partial charge in [0.05, 0.1) is 10.6 Å². The molecule has 0 aliphatic carbocycles. The maximum atomic E-state index is 12.4. The Balaban J connectivity index is 2.41. The van der Waals surface area contributed by atoms with Crippen molar-refractivity contribution in [1.82, 2.24) is 4.98 Å². The normalized spacial score (nSPS) is 12.1. The lowest BCUT2D eigenvalue weighted by molar-refractivity contribution is -0.138. The lowest BCUT2D eigenvalue weighted by Gasteiger charge is -2.16. The molecule has 7 heteroatoms. The Morgan fingerprint density at radius 1 is 1.20 bits per heavy atom. The van der Waals surface area contributed by atoms with E-state index in [0.717, 1.165) is 12.3 Å². The third-order valence-corrected chi connectivity index (χ3v) is 3.35. The number of aromatic nitrogens is 1. The number of ether oxygens (including phenoxy) is 2. The van der Waals surface area contributed by atoms with Crippen molar-refractivity contribution in [1.29, 1.82) is 0 Å². The van der Waals surface area contributed by atoms with Gasteiger partial charge < -0.3 is 9.47 Å². The Bertz CT molecular complexity index is 378. The van der Waals surface area contributed by atoms with Crippen molar-refractivity contribution in [3.8, 4) is 0 Å². The zero-order valence-electron chi connectivity index (χ0n) is 11.4. The van der Waals surface area contributed by atoms with Gasteiger partial charge in [-0.2, -0.15) is 13.2 Å². The number of pyridine rings is 1. The Morgan fingerprint density at radius 3 is 2.30 bits per heavy atom. The van der Waals surface area contributed by atoms with Crippen LogP contribution in [-0.4, -0.2) is 30.2 Å². The molecule has 0 saturated carbocycles. The SMILES string of the molecule is CCOC(CCSc1ccc(C(F)(F)F)cn1)OCC. The van der Waals surface area contributed by atoms with E-state index in [0.29, 0.717) is 30.4 Å². The first kappa shape index (κ1) is 17.3. The van der Waals surface area contributed by atoms with Crippen LogP contribution < -0.4 is 0 Å². The van der Waals surface area contributed by atoms with Gasteiger partial charge in [-0.1, -0.05) is 0 Å².